The average molecular weight is 409 g/mol. The van der Waals surface area contributed by atoms with Crippen molar-refractivity contribution < 1.29 is 22.7 Å². The Hall–Kier alpha value is -2.29. The van der Waals surface area contributed by atoms with E-state index in [1.54, 1.807) is 35.2 Å². The van der Waals surface area contributed by atoms with Gasteiger partial charge < -0.3 is 14.4 Å². The van der Waals surface area contributed by atoms with Crippen LogP contribution >= 0.6 is 11.6 Å². The molecule has 2 heterocycles. The highest BCUT2D eigenvalue weighted by molar-refractivity contribution is 7.89. The van der Waals surface area contributed by atoms with E-state index in [0.717, 1.165) is 0 Å². The molecule has 2 aliphatic heterocycles. The van der Waals surface area contributed by atoms with Crippen LogP contribution in [0.4, 0.5) is 5.69 Å². The Kier molecular flexibility index (Phi) is 4.71. The molecule has 9 heteroatoms. The number of carbonyl (C=O) groups excluding carboxylic acids is 1. The van der Waals surface area contributed by atoms with Crippen molar-refractivity contribution in [1.29, 1.82) is 0 Å². The maximum atomic E-state index is 12.4. The molecule has 1 saturated heterocycles. The minimum atomic E-state index is -3.68. The molecular weight excluding hydrogens is 392 g/mol. The molecule has 2 aromatic carbocycles. The van der Waals surface area contributed by atoms with E-state index in [1.165, 1.54) is 12.1 Å². The number of rotatable bonds is 5. The van der Waals surface area contributed by atoms with E-state index in [2.05, 4.69) is 4.72 Å². The number of amides is 1. The number of anilines is 1. The molecule has 142 valence electrons. The van der Waals surface area contributed by atoms with Gasteiger partial charge in [0, 0.05) is 36.3 Å². The normalized spacial score (nSPS) is 18.9. The highest BCUT2D eigenvalue weighted by atomic mass is 35.5. The largest absolute Gasteiger partial charge is 0.454 e. The third kappa shape index (κ3) is 3.73. The van der Waals surface area contributed by atoms with Crippen LogP contribution in [-0.4, -0.2) is 34.2 Å². The van der Waals surface area contributed by atoms with Gasteiger partial charge >= 0.3 is 0 Å². The topological polar surface area (TPSA) is 84.9 Å². The fraction of sp³-hybridized carbons (Fsp3) is 0.278. The van der Waals surface area contributed by atoms with Crippen LogP contribution in [0.2, 0.25) is 5.02 Å². The minimum Gasteiger partial charge on any atom is -0.454 e. The highest BCUT2D eigenvalue weighted by Crippen LogP contribution is 2.37. The second-order valence-corrected chi connectivity index (χ2v) is 8.62. The molecule has 1 unspecified atom stereocenters. The number of halogens is 1. The van der Waals surface area contributed by atoms with Crippen molar-refractivity contribution in [1.82, 2.24) is 4.72 Å². The summed E-state index contributed by atoms with van der Waals surface area (Å²) in [5.41, 5.74) is 0.712. The smallest absolute Gasteiger partial charge is 0.240 e. The molecule has 4 rings (SSSR count). The molecule has 2 aromatic rings. The summed E-state index contributed by atoms with van der Waals surface area (Å²) >= 11 is 5.86. The third-order valence-electron chi connectivity index (χ3n) is 4.54. The Balaban J connectivity index is 1.42. The van der Waals surface area contributed by atoms with Gasteiger partial charge in [-0.2, -0.15) is 0 Å². The lowest BCUT2D eigenvalue weighted by Crippen LogP contribution is -2.31. The number of carbonyl (C=O) groups is 1. The van der Waals surface area contributed by atoms with Gasteiger partial charge in [-0.25, -0.2) is 13.1 Å². The van der Waals surface area contributed by atoms with Gasteiger partial charge in [0.15, 0.2) is 11.5 Å². The maximum absolute atomic E-state index is 12.4. The van der Waals surface area contributed by atoms with Crippen LogP contribution in [0.3, 0.4) is 0 Å². The van der Waals surface area contributed by atoms with Gasteiger partial charge in [-0.1, -0.05) is 17.7 Å². The molecule has 0 aliphatic carbocycles. The molecule has 0 spiro atoms. The Morgan fingerprint density at radius 1 is 1.15 bits per heavy atom. The average Bonchev–Trinajstić information content (AvgIpc) is 3.25. The first kappa shape index (κ1) is 18.1. The third-order valence-corrected chi connectivity index (χ3v) is 6.20. The minimum absolute atomic E-state index is 0.0548. The Labute approximate surface area is 161 Å². The summed E-state index contributed by atoms with van der Waals surface area (Å²) in [6.07, 6.45) is 0.270. The predicted octanol–water partition coefficient (Wildman–Crippen LogP) is 2.40. The van der Waals surface area contributed by atoms with Crippen LogP contribution in [0, 0.1) is 5.92 Å². The molecule has 27 heavy (non-hydrogen) atoms. The Morgan fingerprint density at radius 2 is 1.96 bits per heavy atom. The number of sulfonamides is 1. The molecule has 7 nitrogen and oxygen atoms in total. The van der Waals surface area contributed by atoms with Crippen LogP contribution in [0.15, 0.2) is 47.4 Å². The number of nitrogens with zero attached hydrogens (tertiary/aromatic N) is 1. The van der Waals surface area contributed by atoms with E-state index >= 15 is 0 Å². The lowest BCUT2D eigenvalue weighted by molar-refractivity contribution is -0.117. The summed E-state index contributed by atoms with van der Waals surface area (Å²) in [5.74, 6) is 1.07. The van der Waals surface area contributed by atoms with Crippen LogP contribution in [0.1, 0.15) is 6.42 Å². The molecule has 1 N–H and O–H groups in total. The maximum Gasteiger partial charge on any atom is 0.240 e. The molecule has 0 saturated carbocycles. The summed E-state index contributed by atoms with van der Waals surface area (Å²) in [6, 6.07) is 11.4. The summed E-state index contributed by atoms with van der Waals surface area (Å²) < 4.78 is 38.0. The number of benzene rings is 2. The molecular formula is C18H17ClN2O5S. The van der Waals surface area contributed by atoms with Crippen molar-refractivity contribution in [3.8, 4) is 11.5 Å². The zero-order chi connectivity index (χ0) is 19.0. The van der Waals surface area contributed by atoms with Crippen molar-refractivity contribution in [2.45, 2.75) is 11.3 Å². The summed E-state index contributed by atoms with van der Waals surface area (Å²) in [5, 5.41) is 0.350. The first-order valence-electron chi connectivity index (χ1n) is 8.37. The number of nitrogens with one attached hydrogen (secondary N) is 1. The molecule has 1 atom stereocenters. The van der Waals surface area contributed by atoms with E-state index in [4.69, 9.17) is 21.1 Å². The summed E-state index contributed by atoms with van der Waals surface area (Å²) in [6.45, 7) is 0.763. The van der Waals surface area contributed by atoms with Crippen molar-refractivity contribution >= 4 is 33.2 Å². The van der Waals surface area contributed by atoms with Crippen molar-refractivity contribution in [2.75, 3.05) is 24.8 Å². The van der Waals surface area contributed by atoms with Crippen LogP contribution < -0.4 is 19.1 Å². The number of hydrogen-bond acceptors (Lipinski definition) is 5. The summed E-state index contributed by atoms with van der Waals surface area (Å²) in [7, 11) is -3.68. The Morgan fingerprint density at radius 3 is 2.78 bits per heavy atom. The number of ether oxygens (including phenoxy) is 2. The SMILES string of the molecule is O=C1CC(CNS(=O)(=O)c2cccc(Cl)c2)CN1c1ccc2c(c1)OCO2. The van der Waals surface area contributed by atoms with Crippen LogP contribution in [0.25, 0.3) is 0 Å². The molecule has 2 aliphatic rings. The predicted molar refractivity (Wildman–Crippen MR) is 99.7 cm³/mol. The lowest BCUT2D eigenvalue weighted by atomic mass is 10.1. The second kappa shape index (κ2) is 7.03. The summed E-state index contributed by atoms with van der Waals surface area (Å²) in [4.78, 5) is 14.1. The number of fused-ring (bicyclic) bond motifs is 1. The van der Waals surface area contributed by atoms with Crippen LogP contribution in [-0.2, 0) is 14.8 Å². The standard InChI is InChI=1S/C18H17ClN2O5S/c19-13-2-1-3-15(7-13)27(23,24)20-9-12-6-18(22)21(10-12)14-4-5-16-17(8-14)26-11-25-16/h1-5,7-8,12,20H,6,9-11H2. The van der Waals surface area contributed by atoms with Gasteiger partial charge in [0.1, 0.15) is 0 Å². The van der Waals surface area contributed by atoms with Crippen molar-refractivity contribution in [3.63, 3.8) is 0 Å². The van der Waals surface area contributed by atoms with Gasteiger partial charge in [-0.3, -0.25) is 4.79 Å². The zero-order valence-corrected chi connectivity index (χ0v) is 15.8. The molecule has 1 amide bonds. The fourth-order valence-corrected chi connectivity index (χ4v) is 4.58. The van der Waals surface area contributed by atoms with E-state index in [-0.39, 0.29) is 36.5 Å². The molecule has 1 fully saturated rings. The molecule has 0 bridgehead atoms. The van der Waals surface area contributed by atoms with Gasteiger partial charge in [-0.05, 0) is 36.2 Å². The van der Waals surface area contributed by atoms with Gasteiger partial charge in [-0.15, -0.1) is 0 Å². The molecule has 0 radical (unpaired) electrons. The first-order chi connectivity index (χ1) is 12.9. The second-order valence-electron chi connectivity index (χ2n) is 6.42. The van der Waals surface area contributed by atoms with Gasteiger partial charge in [0.2, 0.25) is 22.7 Å². The van der Waals surface area contributed by atoms with Crippen molar-refractivity contribution in [3.05, 3.63) is 47.5 Å². The number of hydrogen-bond donors (Lipinski definition) is 1. The van der Waals surface area contributed by atoms with E-state index in [9.17, 15) is 13.2 Å². The van der Waals surface area contributed by atoms with E-state index in [0.29, 0.717) is 28.8 Å². The van der Waals surface area contributed by atoms with E-state index < -0.39 is 10.0 Å². The quantitative estimate of drug-likeness (QED) is 0.821. The monoisotopic (exact) mass is 408 g/mol. The lowest BCUT2D eigenvalue weighted by Gasteiger charge is -2.17. The van der Waals surface area contributed by atoms with Crippen molar-refractivity contribution in [2.24, 2.45) is 5.92 Å². The van der Waals surface area contributed by atoms with Gasteiger partial charge in [0.25, 0.3) is 0 Å². The molecule has 0 aromatic heterocycles. The first-order valence-corrected chi connectivity index (χ1v) is 10.2. The highest BCUT2D eigenvalue weighted by Gasteiger charge is 2.32. The Bertz CT molecular complexity index is 995. The fourth-order valence-electron chi connectivity index (χ4n) is 3.17. The zero-order valence-electron chi connectivity index (χ0n) is 14.2. The van der Waals surface area contributed by atoms with Gasteiger partial charge in [0.05, 0.1) is 4.90 Å². The van der Waals surface area contributed by atoms with E-state index in [1.807, 2.05) is 0 Å². The van der Waals surface area contributed by atoms with Crippen LogP contribution in [0.5, 0.6) is 11.5 Å².